The van der Waals surface area contributed by atoms with E-state index in [0.29, 0.717) is 12.2 Å². The predicted molar refractivity (Wildman–Crippen MR) is 117 cm³/mol. The Bertz CT molecular complexity index is 1050. The summed E-state index contributed by atoms with van der Waals surface area (Å²) in [6.07, 6.45) is 3.65. The maximum absolute atomic E-state index is 12.4. The number of aromatic nitrogens is 1. The minimum atomic E-state index is 0.304. The average Bonchev–Trinajstić information content (AvgIpc) is 3.37. The van der Waals surface area contributed by atoms with Crippen LogP contribution in [0.5, 0.6) is 0 Å². The summed E-state index contributed by atoms with van der Waals surface area (Å²) in [7, 11) is 0. The second-order valence-electron chi connectivity index (χ2n) is 8.18. The average molecular weight is 373 g/mol. The highest BCUT2D eigenvalue weighted by molar-refractivity contribution is 6.17. The Balaban J connectivity index is 1.80. The van der Waals surface area contributed by atoms with Crippen LogP contribution in [0, 0.1) is 0 Å². The van der Waals surface area contributed by atoms with Gasteiger partial charge in [-0.15, -0.1) is 0 Å². The summed E-state index contributed by atoms with van der Waals surface area (Å²) in [5.41, 5.74) is 8.87. The summed E-state index contributed by atoms with van der Waals surface area (Å²) < 4.78 is 2.49. The Morgan fingerprint density at radius 3 is 2.18 bits per heavy atom. The number of hydrogen-bond acceptors (Lipinski definition) is 2. The summed E-state index contributed by atoms with van der Waals surface area (Å²) in [6, 6.07) is 8.82. The molecule has 0 bridgehead atoms. The molecule has 2 aliphatic rings. The monoisotopic (exact) mass is 372 g/mol. The number of fused-ring (bicyclic) bond motifs is 7. The first-order valence-corrected chi connectivity index (χ1v) is 10.7. The molecule has 0 saturated heterocycles. The lowest BCUT2D eigenvalue weighted by Crippen LogP contribution is -2.26. The van der Waals surface area contributed by atoms with Crippen molar-refractivity contribution in [1.82, 2.24) is 9.47 Å². The van der Waals surface area contributed by atoms with E-state index in [4.69, 9.17) is 0 Å². The van der Waals surface area contributed by atoms with Gasteiger partial charge in [-0.1, -0.05) is 26.5 Å². The number of ketones is 1. The molecule has 3 nitrogen and oxygen atoms in total. The molecular weight excluding hydrogens is 344 g/mol. The van der Waals surface area contributed by atoms with Crippen molar-refractivity contribution in [2.75, 3.05) is 19.6 Å². The fourth-order valence-electron chi connectivity index (χ4n) is 5.33. The minimum Gasteiger partial charge on any atom is -0.339 e. The lowest BCUT2D eigenvalue weighted by atomic mass is 9.97. The maximum Gasteiger partial charge on any atom is 0.163 e. The first kappa shape index (κ1) is 17.7. The second-order valence-corrected chi connectivity index (χ2v) is 8.18. The van der Waals surface area contributed by atoms with Crippen LogP contribution in [0.4, 0.5) is 0 Å². The minimum absolute atomic E-state index is 0.304. The van der Waals surface area contributed by atoms with Gasteiger partial charge in [-0.3, -0.25) is 4.79 Å². The van der Waals surface area contributed by atoms with Gasteiger partial charge in [0.25, 0.3) is 0 Å². The van der Waals surface area contributed by atoms with Crippen LogP contribution in [0.15, 0.2) is 30.8 Å². The van der Waals surface area contributed by atoms with Gasteiger partial charge in [0.05, 0.1) is 0 Å². The standard InChI is InChI=1S/C25H28N2O/c1-4-26(5-2)14-15-27-21-11-8-17-16(3)6-7-19(17)24(21)25-20-10-13-23(28)18(20)9-12-22(25)27/h8-9,11-12H,3-7,10,13-15H2,1-2H3. The van der Waals surface area contributed by atoms with Gasteiger partial charge in [0.1, 0.15) is 0 Å². The van der Waals surface area contributed by atoms with Gasteiger partial charge in [0, 0.05) is 46.9 Å². The Morgan fingerprint density at radius 1 is 0.893 bits per heavy atom. The van der Waals surface area contributed by atoms with E-state index >= 15 is 0 Å². The van der Waals surface area contributed by atoms with Gasteiger partial charge in [0.2, 0.25) is 0 Å². The first-order valence-electron chi connectivity index (χ1n) is 10.7. The van der Waals surface area contributed by atoms with Crippen molar-refractivity contribution in [2.45, 2.75) is 46.1 Å². The second kappa shape index (κ2) is 6.59. The van der Waals surface area contributed by atoms with Crippen molar-refractivity contribution in [3.63, 3.8) is 0 Å². The van der Waals surface area contributed by atoms with Gasteiger partial charge in [-0.05, 0) is 72.8 Å². The van der Waals surface area contributed by atoms with E-state index in [1.54, 1.807) is 0 Å². The van der Waals surface area contributed by atoms with Crippen molar-refractivity contribution in [3.05, 3.63) is 53.1 Å². The van der Waals surface area contributed by atoms with Crippen molar-refractivity contribution in [3.8, 4) is 0 Å². The Hall–Kier alpha value is -2.39. The number of carbonyl (C=O) groups excluding carboxylic acids is 1. The van der Waals surface area contributed by atoms with E-state index in [-0.39, 0.29) is 0 Å². The molecule has 0 amide bonds. The Morgan fingerprint density at radius 2 is 1.50 bits per heavy atom. The maximum atomic E-state index is 12.4. The molecule has 0 radical (unpaired) electrons. The topological polar surface area (TPSA) is 25.2 Å². The Kier molecular flexibility index (Phi) is 4.17. The third-order valence-electron chi connectivity index (χ3n) is 6.91. The molecule has 0 N–H and O–H groups in total. The first-order chi connectivity index (χ1) is 13.6. The molecule has 0 aliphatic heterocycles. The molecule has 0 fully saturated rings. The fraction of sp³-hybridized carbons (Fsp3) is 0.400. The van der Waals surface area contributed by atoms with Crippen LogP contribution < -0.4 is 0 Å². The largest absolute Gasteiger partial charge is 0.339 e. The van der Waals surface area contributed by atoms with E-state index in [1.165, 1.54) is 44.1 Å². The summed E-state index contributed by atoms with van der Waals surface area (Å²) in [6.45, 7) is 12.9. The number of rotatable bonds is 5. The van der Waals surface area contributed by atoms with Crippen LogP contribution in [0.3, 0.4) is 0 Å². The molecule has 0 unspecified atom stereocenters. The smallest absolute Gasteiger partial charge is 0.163 e. The SMILES string of the molecule is C=C1CCc2c1ccc1c2c2c3c(ccc2n1CCN(CC)CC)C(=O)CC3. The van der Waals surface area contributed by atoms with E-state index < -0.39 is 0 Å². The van der Waals surface area contributed by atoms with Crippen molar-refractivity contribution in [2.24, 2.45) is 0 Å². The molecule has 0 spiro atoms. The van der Waals surface area contributed by atoms with Crippen LogP contribution in [0.2, 0.25) is 0 Å². The van der Waals surface area contributed by atoms with Crippen molar-refractivity contribution in [1.29, 1.82) is 0 Å². The molecular formula is C25H28N2O. The van der Waals surface area contributed by atoms with E-state index in [2.05, 4.69) is 54.2 Å². The zero-order valence-electron chi connectivity index (χ0n) is 17.0. The number of nitrogens with zero attached hydrogens (tertiary/aromatic N) is 2. The van der Waals surface area contributed by atoms with E-state index in [9.17, 15) is 4.79 Å². The Labute approximate surface area is 166 Å². The number of benzene rings is 2. The summed E-state index contributed by atoms with van der Waals surface area (Å²) in [5.74, 6) is 0.304. The molecule has 0 saturated carbocycles. The van der Waals surface area contributed by atoms with Gasteiger partial charge >= 0.3 is 0 Å². The normalized spacial score (nSPS) is 16.0. The van der Waals surface area contributed by atoms with Crippen LogP contribution in [-0.4, -0.2) is 34.9 Å². The molecule has 2 aliphatic carbocycles. The molecule has 3 heteroatoms. The summed E-state index contributed by atoms with van der Waals surface area (Å²) in [4.78, 5) is 14.9. The van der Waals surface area contributed by atoms with Gasteiger partial charge in [-0.25, -0.2) is 0 Å². The molecule has 0 atom stereocenters. The lowest BCUT2D eigenvalue weighted by molar-refractivity contribution is 0.0994. The number of likely N-dealkylation sites (N-methyl/N-ethyl adjacent to an activating group) is 1. The highest BCUT2D eigenvalue weighted by atomic mass is 16.1. The molecule has 28 heavy (non-hydrogen) atoms. The number of aryl methyl sites for hydroxylation is 2. The molecule has 3 aromatic rings. The van der Waals surface area contributed by atoms with Crippen molar-refractivity contribution < 1.29 is 4.79 Å². The van der Waals surface area contributed by atoms with E-state index in [0.717, 1.165) is 51.0 Å². The van der Waals surface area contributed by atoms with E-state index in [1.807, 2.05) is 0 Å². The van der Waals surface area contributed by atoms with Gasteiger partial charge in [-0.2, -0.15) is 0 Å². The summed E-state index contributed by atoms with van der Waals surface area (Å²) >= 11 is 0. The van der Waals surface area contributed by atoms with Crippen molar-refractivity contribution >= 4 is 33.2 Å². The molecule has 5 rings (SSSR count). The van der Waals surface area contributed by atoms with Crippen LogP contribution in [0.1, 0.15) is 53.7 Å². The van der Waals surface area contributed by atoms with Gasteiger partial charge in [0.15, 0.2) is 5.78 Å². The fourth-order valence-corrected chi connectivity index (χ4v) is 5.33. The number of Topliss-reactive ketones (excluding diaryl/α,β-unsaturated/α-hetero) is 1. The quantitative estimate of drug-likeness (QED) is 0.613. The number of hydrogen-bond donors (Lipinski definition) is 0. The molecule has 1 heterocycles. The summed E-state index contributed by atoms with van der Waals surface area (Å²) in [5, 5.41) is 2.72. The third-order valence-corrected chi connectivity index (χ3v) is 6.91. The predicted octanol–water partition coefficient (Wildman–Crippen LogP) is 5.22. The van der Waals surface area contributed by atoms with Crippen LogP contribution in [0.25, 0.3) is 27.4 Å². The molecule has 1 aromatic heterocycles. The highest BCUT2D eigenvalue weighted by Crippen LogP contribution is 2.43. The number of carbonyl (C=O) groups is 1. The highest BCUT2D eigenvalue weighted by Gasteiger charge is 2.28. The third kappa shape index (κ3) is 2.42. The number of allylic oxidation sites excluding steroid dienone is 1. The zero-order chi connectivity index (χ0) is 19.4. The lowest BCUT2D eigenvalue weighted by Gasteiger charge is -2.19. The van der Waals surface area contributed by atoms with Gasteiger partial charge < -0.3 is 9.47 Å². The van der Waals surface area contributed by atoms with Crippen LogP contribution in [-0.2, 0) is 19.4 Å². The molecule has 144 valence electrons. The molecule has 2 aromatic carbocycles. The van der Waals surface area contributed by atoms with Crippen LogP contribution >= 0.6 is 0 Å². The zero-order valence-corrected chi connectivity index (χ0v) is 17.0.